The van der Waals surface area contributed by atoms with E-state index in [-0.39, 0.29) is 11.7 Å². The lowest BCUT2D eigenvalue weighted by atomic mass is 9.95. The molecule has 3 aliphatic rings. The fraction of sp³-hybridized carbons (Fsp3) is 0.857. The average Bonchev–Trinajstić information content (AvgIpc) is 2.93. The summed E-state index contributed by atoms with van der Waals surface area (Å²) in [5.74, 6) is 0.296. The fourth-order valence-electron chi connectivity index (χ4n) is 3.43. The molecule has 0 saturated carbocycles. The summed E-state index contributed by atoms with van der Waals surface area (Å²) in [5, 5.41) is 2.77. The van der Waals surface area contributed by atoms with Gasteiger partial charge in [0, 0.05) is 39.0 Å². The van der Waals surface area contributed by atoms with Gasteiger partial charge >= 0.3 is 6.09 Å². The van der Waals surface area contributed by atoms with E-state index in [0.717, 1.165) is 58.4 Å². The number of nitrogens with zero attached hydrogens (tertiary/aromatic N) is 2. The maximum absolute atomic E-state index is 11.6. The third kappa shape index (κ3) is 2.90. The van der Waals surface area contributed by atoms with Crippen LogP contribution in [0.1, 0.15) is 32.1 Å². The van der Waals surface area contributed by atoms with Gasteiger partial charge in [0.25, 0.3) is 0 Å². The van der Waals surface area contributed by atoms with Crippen LogP contribution in [0.15, 0.2) is 0 Å². The van der Waals surface area contributed by atoms with Crippen molar-refractivity contribution in [2.45, 2.75) is 37.7 Å². The summed E-state index contributed by atoms with van der Waals surface area (Å²) < 4.78 is 5.47. The molecular weight excluding hydrogens is 258 g/mol. The van der Waals surface area contributed by atoms with Gasteiger partial charge in [0.1, 0.15) is 5.60 Å². The van der Waals surface area contributed by atoms with Crippen molar-refractivity contribution in [2.75, 3.05) is 39.3 Å². The summed E-state index contributed by atoms with van der Waals surface area (Å²) in [4.78, 5) is 27.2. The topological polar surface area (TPSA) is 61.9 Å². The number of carbonyl (C=O) groups excluding carboxylic acids is 2. The van der Waals surface area contributed by atoms with Gasteiger partial charge in [-0.15, -0.1) is 0 Å². The van der Waals surface area contributed by atoms with Crippen molar-refractivity contribution in [1.29, 1.82) is 0 Å². The molecule has 0 bridgehead atoms. The van der Waals surface area contributed by atoms with Crippen LogP contribution in [0, 0.1) is 0 Å². The lowest BCUT2D eigenvalue weighted by Crippen LogP contribution is -2.38. The SMILES string of the molecule is O=C1NCC2(CCCN(CCN3CCCC3=O)CC2)O1. The Bertz CT molecular complexity index is 401. The zero-order valence-corrected chi connectivity index (χ0v) is 11.9. The van der Waals surface area contributed by atoms with E-state index in [9.17, 15) is 9.59 Å². The van der Waals surface area contributed by atoms with E-state index >= 15 is 0 Å². The molecule has 0 aromatic rings. The molecule has 3 rings (SSSR count). The van der Waals surface area contributed by atoms with Crippen LogP contribution in [0.4, 0.5) is 4.79 Å². The second-order valence-electron chi connectivity index (χ2n) is 6.11. The lowest BCUT2D eigenvalue weighted by molar-refractivity contribution is -0.127. The van der Waals surface area contributed by atoms with E-state index < -0.39 is 0 Å². The normalized spacial score (nSPS) is 31.5. The second kappa shape index (κ2) is 5.60. The van der Waals surface area contributed by atoms with Crippen LogP contribution in [-0.4, -0.2) is 66.7 Å². The van der Waals surface area contributed by atoms with E-state index in [1.165, 1.54) is 0 Å². The third-order valence-electron chi connectivity index (χ3n) is 4.71. The summed E-state index contributed by atoms with van der Waals surface area (Å²) >= 11 is 0. The molecule has 0 aliphatic carbocycles. The summed E-state index contributed by atoms with van der Waals surface area (Å²) in [5.41, 5.74) is -0.282. The molecule has 20 heavy (non-hydrogen) atoms. The fourth-order valence-corrected chi connectivity index (χ4v) is 3.43. The number of amides is 2. The number of hydrogen-bond donors (Lipinski definition) is 1. The van der Waals surface area contributed by atoms with Crippen LogP contribution in [0.3, 0.4) is 0 Å². The second-order valence-corrected chi connectivity index (χ2v) is 6.11. The first-order chi connectivity index (χ1) is 9.67. The molecule has 1 atom stereocenters. The van der Waals surface area contributed by atoms with Gasteiger partial charge in [-0.1, -0.05) is 0 Å². The highest BCUT2D eigenvalue weighted by atomic mass is 16.6. The van der Waals surface area contributed by atoms with Crippen molar-refractivity contribution in [3.05, 3.63) is 0 Å². The van der Waals surface area contributed by atoms with E-state index in [1.807, 2.05) is 4.90 Å². The van der Waals surface area contributed by atoms with Crippen LogP contribution in [-0.2, 0) is 9.53 Å². The molecule has 1 unspecified atom stereocenters. The molecule has 1 N–H and O–H groups in total. The average molecular weight is 281 g/mol. The number of rotatable bonds is 3. The smallest absolute Gasteiger partial charge is 0.407 e. The van der Waals surface area contributed by atoms with Crippen LogP contribution in [0.2, 0.25) is 0 Å². The maximum atomic E-state index is 11.6. The molecule has 3 aliphatic heterocycles. The summed E-state index contributed by atoms with van der Waals surface area (Å²) in [6.45, 7) is 5.30. The van der Waals surface area contributed by atoms with Gasteiger partial charge in [-0.3, -0.25) is 4.79 Å². The zero-order chi connectivity index (χ0) is 14.0. The maximum Gasteiger partial charge on any atom is 0.407 e. The largest absolute Gasteiger partial charge is 0.441 e. The molecule has 0 aromatic heterocycles. The molecule has 0 aromatic carbocycles. The molecule has 1 spiro atoms. The molecule has 3 heterocycles. The predicted octanol–water partition coefficient (Wildman–Crippen LogP) is 0.573. The Kier molecular flexibility index (Phi) is 3.83. The first-order valence-electron chi connectivity index (χ1n) is 7.64. The Morgan fingerprint density at radius 2 is 2.00 bits per heavy atom. The number of hydrogen-bond acceptors (Lipinski definition) is 4. The zero-order valence-electron chi connectivity index (χ0n) is 11.9. The monoisotopic (exact) mass is 281 g/mol. The number of ether oxygens (including phenoxy) is 1. The van der Waals surface area contributed by atoms with Gasteiger partial charge in [0.05, 0.1) is 6.54 Å². The quantitative estimate of drug-likeness (QED) is 0.822. The number of nitrogens with one attached hydrogen (secondary N) is 1. The molecule has 2 amide bonds. The summed E-state index contributed by atoms with van der Waals surface area (Å²) in [7, 11) is 0. The first kappa shape index (κ1) is 13.7. The van der Waals surface area contributed by atoms with Gasteiger partial charge in [-0.2, -0.15) is 0 Å². The van der Waals surface area contributed by atoms with Crippen LogP contribution >= 0.6 is 0 Å². The van der Waals surface area contributed by atoms with Crippen molar-refractivity contribution >= 4 is 12.0 Å². The van der Waals surface area contributed by atoms with Gasteiger partial charge in [0.15, 0.2) is 0 Å². The number of likely N-dealkylation sites (tertiary alicyclic amines) is 2. The minimum Gasteiger partial charge on any atom is -0.441 e. The highest BCUT2D eigenvalue weighted by Crippen LogP contribution is 2.29. The Morgan fingerprint density at radius 3 is 2.70 bits per heavy atom. The summed E-state index contributed by atoms with van der Waals surface area (Å²) in [6.07, 6.45) is 4.31. The molecule has 6 heteroatoms. The standard InChI is InChI=1S/C14H23N3O3/c18-12-3-1-7-17(12)10-9-16-6-2-4-14(5-8-16)11-15-13(19)20-14/h1-11H2,(H,15,19). The molecule has 3 saturated heterocycles. The minimum atomic E-state index is -0.282. The predicted molar refractivity (Wildman–Crippen MR) is 73.3 cm³/mol. The molecule has 6 nitrogen and oxygen atoms in total. The molecule has 0 radical (unpaired) electrons. The van der Waals surface area contributed by atoms with Gasteiger partial charge in [-0.05, 0) is 25.8 Å². The van der Waals surface area contributed by atoms with Crippen molar-refractivity contribution in [1.82, 2.24) is 15.1 Å². The first-order valence-corrected chi connectivity index (χ1v) is 7.64. The van der Waals surface area contributed by atoms with Gasteiger partial charge in [-0.25, -0.2) is 4.79 Å². The number of alkyl carbamates (subject to hydrolysis) is 1. The summed E-state index contributed by atoms with van der Waals surface area (Å²) in [6, 6.07) is 0. The van der Waals surface area contributed by atoms with E-state index in [1.54, 1.807) is 0 Å². The van der Waals surface area contributed by atoms with Crippen LogP contribution in [0.5, 0.6) is 0 Å². The van der Waals surface area contributed by atoms with Crippen LogP contribution in [0.25, 0.3) is 0 Å². The lowest BCUT2D eigenvalue weighted by Gasteiger charge is -2.26. The van der Waals surface area contributed by atoms with E-state index in [4.69, 9.17) is 4.74 Å². The van der Waals surface area contributed by atoms with Crippen molar-refractivity contribution < 1.29 is 14.3 Å². The highest BCUT2D eigenvalue weighted by molar-refractivity contribution is 5.78. The van der Waals surface area contributed by atoms with Crippen molar-refractivity contribution in [3.8, 4) is 0 Å². The Balaban J connectivity index is 1.47. The Labute approximate surface area is 119 Å². The third-order valence-corrected chi connectivity index (χ3v) is 4.71. The van der Waals surface area contributed by atoms with Crippen LogP contribution < -0.4 is 5.32 Å². The van der Waals surface area contributed by atoms with E-state index in [0.29, 0.717) is 18.9 Å². The minimum absolute atomic E-state index is 0.277. The van der Waals surface area contributed by atoms with E-state index in [2.05, 4.69) is 10.2 Å². The molecule has 112 valence electrons. The Hall–Kier alpha value is -1.30. The van der Waals surface area contributed by atoms with Gasteiger partial charge in [0.2, 0.25) is 5.91 Å². The van der Waals surface area contributed by atoms with Crippen molar-refractivity contribution in [2.24, 2.45) is 0 Å². The molecular formula is C14H23N3O3. The molecule has 3 fully saturated rings. The Morgan fingerprint density at radius 1 is 1.10 bits per heavy atom. The van der Waals surface area contributed by atoms with Gasteiger partial charge < -0.3 is 19.9 Å². The highest BCUT2D eigenvalue weighted by Gasteiger charge is 2.41. The number of carbonyl (C=O) groups is 2. The van der Waals surface area contributed by atoms with Crippen molar-refractivity contribution in [3.63, 3.8) is 0 Å².